The van der Waals surface area contributed by atoms with Gasteiger partial charge in [-0.1, -0.05) is 30.0 Å². The van der Waals surface area contributed by atoms with Gasteiger partial charge in [-0.05, 0) is 25.0 Å². The number of hydrazine groups is 1. The Kier molecular flexibility index (Phi) is 2.98. The van der Waals surface area contributed by atoms with Gasteiger partial charge in [0.2, 0.25) is 0 Å². The lowest BCUT2D eigenvalue weighted by molar-refractivity contribution is -0.124. The molecule has 0 bridgehead atoms. The first-order chi connectivity index (χ1) is 7.59. The molecule has 1 aliphatic heterocycles. The van der Waals surface area contributed by atoms with Crippen LogP contribution in [0.5, 0.6) is 0 Å². The van der Waals surface area contributed by atoms with Gasteiger partial charge in [-0.3, -0.25) is 4.79 Å². The van der Waals surface area contributed by atoms with Gasteiger partial charge in [-0.25, -0.2) is 15.8 Å². The zero-order chi connectivity index (χ0) is 11.7. The third kappa shape index (κ3) is 1.96. The fraction of sp³-hybridized carbons (Fsp3) is 0.273. The van der Waals surface area contributed by atoms with E-state index in [2.05, 4.69) is 4.99 Å². The SMILES string of the molecule is Cc1cccc(C)c1/N=C1/SCC(=O)N1N. The number of amidine groups is 1. The number of thioether (sulfide) groups is 1. The van der Waals surface area contributed by atoms with E-state index < -0.39 is 0 Å². The minimum atomic E-state index is -0.102. The number of carbonyl (C=O) groups is 1. The lowest BCUT2D eigenvalue weighted by atomic mass is 10.1. The maximum atomic E-state index is 11.2. The standard InChI is InChI=1S/C11H13N3OS/c1-7-4-3-5-8(2)10(7)13-11-14(12)9(15)6-16-11/h3-5H,6,12H2,1-2H3/b13-11+. The first-order valence-electron chi connectivity index (χ1n) is 4.95. The Bertz CT molecular complexity index is 450. The van der Waals surface area contributed by atoms with Crippen molar-refractivity contribution in [1.29, 1.82) is 0 Å². The van der Waals surface area contributed by atoms with Crippen molar-refractivity contribution < 1.29 is 4.79 Å². The molecular weight excluding hydrogens is 222 g/mol. The molecule has 0 saturated carbocycles. The maximum absolute atomic E-state index is 11.2. The van der Waals surface area contributed by atoms with Crippen LogP contribution in [0.25, 0.3) is 0 Å². The maximum Gasteiger partial charge on any atom is 0.253 e. The molecule has 0 aromatic heterocycles. The van der Waals surface area contributed by atoms with Gasteiger partial charge in [-0.15, -0.1) is 0 Å². The van der Waals surface area contributed by atoms with Crippen LogP contribution >= 0.6 is 11.8 Å². The number of carbonyl (C=O) groups excluding carboxylic acids is 1. The zero-order valence-electron chi connectivity index (χ0n) is 9.23. The number of hydrogen-bond donors (Lipinski definition) is 1. The van der Waals surface area contributed by atoms with Crippen molar-refractivity contribution in [3.05, 3.63) is 29.3 Å². The summed E-state index contributed by atoms with van der Waals surface area (Å²) in [5, 5.41) is 1.69. The second-order valence-electron chi connectivity index (χ2n) is 3.69. The minimum absolute atomic E-state index is 0.102. The lowest BCUT2D eigenvalue weighted by Crippen LogP contribution is -2.36. The highest BCUT2D eigenvalue weighted by molar-refractivity contribution is 8.15. The summed E-state index contributed by atoms with van der Waals surface area (Å²) in [6.45, 7) is 3.99. The molecule has 0 aliphatic carbocycles. The Hall–Kier alpha value is -1.33. The molecule has 2 N–H and O–H groups in total. The highest BCUT2D eigenvalue weighted by Crippen LogP contribution is 2.27. The molecule has 1 aromatic rings. The van der Waals surface area contributed by atoms with Gasteiger partial charge in [0, 0.05) is 0 Å². The summed E-state index contributed by atoms with van der Waals surface area (Å²) in [6, 6.07) is 5.98. The van der Waals surface area contributed by atoms with Crippen LogP contribution in [0.2, 0.25) is 0 Å². The average Bonchev–Trinajstić information content (AvgIpc) is 2.55. The lowest BCUT2D eigenvalue weighted by Gasteiger charge is -2.09. The molecule has 1 amide bonds. The average molecular weight is 235 g/mol. The number of aryl methyl sites for hydroxylation is 2. The Morgan fingerprint density at radius 2 is 2.00 bits per heavy atom. The van der Waals surface area contributed by atoms with Crippen LogP contribution in [0.15, 0.2) is 23.2 Å². The Morgan fingerprint density at radius 3 is 2.50 bits per heavy atom. The molecule has 0 radical (unpaired) electrons. The Labute approximate surface area is 98.5 Å². The Morgan fingerprint density at radius 1 is 1.38 bits per heavy atom. The summed E-state index contributed by atoms with van der Waals surface area (Å²) in [5.74, 6) is 5.88. The number of aliphatic imine (C=N–C) groups is 1. The molecule has 0 unspecified atom stereocenters. The minimum Gasteiger partial charge on any atom is -0.272 e. The highest BCUT2D eigenvalue weighted by atomic mass is 32.2. The van der Waals surface area contributed by atoms with E-state index in [4.69, 9.17) is 5.84 Å². The number of nitrogens with two attached hydrogens (primary N) is 1. The smallest absolute Gasteiger partial charge is 0.253 e. The number of nitrogens with zero attached hydrogens (tertiary/aromatic N) is 2. The van der Waals surface area contributed by atoms with Gasteiger partial charge < -0.3 is 0 Å². The van der Waals surface area contributed by atoms with Crippen molar-refractivity contribution in [1.82, 2.24) is 5.01 Å². The summed E-state index contributed by atoms with van der Waals surface area (Å²) in [5.41, 5.74) is 3.07. The van der Waals surface area contributed by atoms with Crippen LogP contribution in [0.4, 0.5) is 5.69 Å². The fourth-order valence-electron chi connectivity index (χ4n) is 1.54. The highest BCUT2D eigenvalue weighted by Gasteiger charge is 2.25. The molecule has 5 heteroatoms. The van der Waals surface area contributed by atoms with E-state index in [0.717, 1.165) is 21.8 Å². The van der Waals surface area contributed by atoms with Crippen LogP contribution in [0.3, 0.4) is 0 Å². The molecular formula is C11H13N3OS. The van der Waals surface area contributed by atoms with E-state index >= 15 is 0 Å². The van der Waals surface area contributed by atoms with Crippen molar-refractivity contribution >= 4 is 28.5 Å². The normalized spacial score (nSPS) is 18.6. The van der Waals surface area contributed by atoms with Crippen molar-refractivity contribution in [3.8, 4) is 0 Å². The van der Waals surface area contributed by atoms with Crippen LogP contribution in [0.1, 0.15) is 11.1 Å². The number of hydrogen-bond acceptors (Lipinski definition) is 4. The molecule has 1 heterocycles. The van der Waals surface area contributed by atoms with Gasteiger partial charge in [-0.2, -0.15) is 0 Å². The summed E-state index contributed by atoms with van der Waals surface area (Å²) in [6.07, 6.45) is 0. The van der Waals surface area contributed by atoms with Crippen molar-refractivity contribution in [2.24, 2.45) is 10.8 Å². The van der Waals surface area contributed by atoms with Crippen LogP contribution < -0.4 is 5.84 Å². The van der Waals surface area contributed by atoms with Gasteiger partial charge in [0.1, 0.15) is 0 Å². The van der Waals surface area contributed by atoms with Crippen molar-refractivity contribution in [3.63, 3.8) is 0 Å². The molecule has 84 valence electrons. The third-order valence-corrected chi connectivity index (χ3v) is 3.38. The van der Waals surface area contributed by atoms with E-state index in [1.54, 1.807) is 0 Å². The van der Waals surface area contributed by atoms with Crippen LogP contribution in [-0.4, -0.2) is 21.8 Å². The zero-order valence-corrected chi connectivity index (χ0v) is 10.0. The fourth-order valence-corrected chi connectivity index (χ4v) is 2.32. The topological polar surface area (TPSA) is 58.7 Å². The predicted molar refractivity (Wildman–Crippen MR) is 66.5 cm³/mol. The molecule has 0 spiro atoms. The van der Waals surface area contributed by atoms with E-state index in [-0.39, 0.29) is 5.91 Å². The summed E-state index contributed by atoms with van der Waals surface area (Å²) in [4.78, 5) is 15.7. The van der Waals surface area contributed by atoms with E-state index in [9.17, 15) is 4.79 Å². The first kappa shape index (κ1) is 11.2. The van der Waals surface area contributed by atoms with Gasteiger partial charge in [0.25, 0.3) is 5.91 Å². The second-order valence-corrected chi connectivity index (χ2v) is 4.63. The van der Waals surface area contributed by atoms with Crippen LogP contribution in [0, 0.1) is 13.8 Å². The van der Waals surface area contributed by atoms with E-state index in [1.165, 1.54) is 11.8 Å². The summed E-state index contributed by atoms with van der Waals surface area (Å²) < 4.78 is 0. The quantitative estimate of drug-likeness (QED) is 0.596. The van der Waals surface area contributed by atoms with Gasteiger partial charge >= 0.3 is 0 Å². The monoisotopic (exact) mass is 235 g/mol. The molecule has 1 aliphatic rings. The second kappa shape index (κ2) is 4.27. The summed E-state index contributed by atoms with van der Waals surface area (Å²) in [7, 11) is 0. The van der Waals surface area contributed by atoms with E-state index in [1.807, 2.05) is 32.0 Å². The van der Waals surface area contributed by atoms with Gasteiger partial charge in [0.15, 0.2) is 5.17 Å². The summed E-state index contributed by atoms with van der Waals surface area (Å²) >= 11 is 1.37. The number of amides is 1. The Balaban J connectivity index is 2.40. The molecule has 16 heavy (non-hydrogen) atoms. The molecule has 2 rings (SSSR count). The predicted octanol–water partition coefficient (Wildman–Crippen LogP) is 1.74. The third-order valence-electron chi connectivity index (χ3n) is 2.45. The number of para-hydroxylation sites is 1. The van der Waals surface area contributed by atoms with Gasteiger partial charge in [0.05, 0.1) is 11.4 Å². The number of benzene rings is 1. The van der Waals surface area contributed by atoms with Crippen molar-refractivity contribution in [2.75, 3.05) is 5.75 Å². The molecule has 4 nitrogen and oxygen atoms in total. The first-order valence-corrected chi connectivity index (χ1v) is 5.93. The van der Waals surface area contributed by atoms with E-state index in [0.29, 0.717) is 10.9 Å². The molecule has 1 aromatic carbocycles. The van der Waals surface area contributed by atoms with Crippen molar-refractivity contribution in [2.45, 2.75) is 13.8 Å². The molecule has 1 saturated heterocycles. The van der Waals surface area contributed by atoms with Crippen LogP contribution in [-0.2, 0) is 4.79 Å². The molecule has 0 atom stereocenters. The molecule has 1 fully saturated rings. The largest absolute Gasteiger partial charge is 0.272 e. The number of rotatable bonds is 1.